The lowest BCUT2D eigenvalue weighted by atomic mass is 10.2. The molecule has 0 fully saturated rings. The van der Waals surface area contributed by atoms with Gasteiger partial charge < -0.3 is 19.9 Å². The highest BCUT2D eigenvalue weighted by Gasteiger charge is 2.22. The zero-order valence-corrected chi connectivity index (χ0v) is 17.9. The molecule has 4 heterocycles. The van der Waals surface area contributed by atoms with Crippen LogP contribution in [0.25, 0.3) is 21.9 Å². The minimum absolute atomic E-state index is 0.110. The standard InChI is InChI=1S/C24H20N6O4/c31-22-19-20(28-29-22)16-11-26-24(25-10-15-13-33-17-8-4-5-9-18(17)34-15)27-21(16)30(23(19)32)12-14-6-2-1-3-7-14/h1-9,11,15H,10,12-13H2,(H,25,26,27)(H2,28,29,31)/t15-/m0/s1. The van der Waals surface area contributed by atoms with Crippen LogP contribution in [0.5, 0.6) is 17.4 Å². The molecule has 170 valence electrons. The van der Waals surface area contributed by atoms with Crippen molar-refractivity contribution >= 4 is 27.9 Å². The van der Waals surface area contributed by atoms with Crippen LogP contribution in [0.1, 0.15) is 5.56 Å². The van der Waals surface area contributed by atoms with E-state index >= 15 is 0 Å². The summed E-state index contributed by atoms with van der Waals surface area (Å²) in [7, 11) is 0. The van der Waals surface area contributed by atoms with Crippen LogP contribution in [-0.4, -0.2) is 49.1 Å². The summed E-state index contributed by atoms with van der Waals surface area (Å²) in [5.74, 6) is 1.41. The molecule has 5 aromatic rings. The number of fused-ring (bicyclic) bond motifs is 4. The summed E-state index contributed by atoms with van der Waals surface area (Å²) in [4.78, 5) is 22.3. The van der Waals surface area contributed by atoms with Crippen molar-refractivity contribution in [3.63, 3.8) is 0 Å². The first-order valence-electron chi connectivity index (χ1n) is 10.8. The summed E-state index contributed by atoms with van der Waals surface area (Å²) in [6.45, 7) is 1.09. The third-order valence-corrected chi connectivity index (χ3v) is 5.74. The Morgan fingerprint density at radius 3 is 2.76 bits per heavy atom. The number of aromatic hydroxyl groups is 1. The summed E-state index contributed by atoms with van der Waals surface area (Å²) < 4.78 is 13.3. The normalized spacial score (nSPS) is 15.0. The minimum atomic E-state index is -0.386. The molecular formula is C24H20N6O4. The first-order chi connectivity index (χ1) is 16.7. The second kappa shape index (κ2) is 8.07. The molecule has 6 rings (SSSR count). The van der Waals surface area contributed by atoms with E-state index in [0.29, 0.717) is 41.4 Å². The number of aromatic nitrogens is 5. The second-order valence-corrected chi connectivity index (χ2v) is 7.98. The molecule has 10 heteroatoms. The summed E-state index contributed by atoms with van der Waals surface area (Å²) >= 11 is 0. The molecule has 0 aliphatic carbocycles. The van der Waals surface area contributed by atoms with E-state index in [4.69, 9.17) is 9.47 Å². The molecule has 3 N–H and O–H groups in total. The van der Waals surface area contributed by atoms with E-state index in [-0.39, 0.29) is 29.5 Å². The van der Waals surface area contributed by atoms with Crippen molar-refractivity contribution < 1.29 is 14.6 Å². The predicted molar refractivity (Wildman–Crippen MR) is 126 cm³/mol. The van der Waals surface area contributed by atoms with Gasteiger partial charge in [-0.1, -0.05) is 42.5 Å². The van der Waals surface area contributed by atoms with Gasteiger partial charge in [0, 0.05) is 6.20 Å². The fourth-order valence-electron chi connectivity index (χ4n) is 4.08. The van der Waals surface area contributed by atoms with Gasteiger partial charge in [0.15, 0.2) is 17.1 Å². The molecule has 0 radical (unpaired) electrons. The van der Waals surface area contributed by atoms with Crippen molar-refractivity contribution in [3.05, 3.63) is 76.7 Å². The molecule has 1 atom stereocenters. The fraction of sp³-hybridized carbons (Fsp3) is 0.167. The number of H-pyrrole nitrogens is 1. The Balaban J connectivity index is 1.35. The molecule has 10 nitrogen and oxygen atoms in total. The zero-order chi connectivity index (χ0) is 23.1. The molecular weight excluding hydrogens is 436 g/mol. The molecule has 1 aliphatic heterocycles. The highest BCUT2D eigenvalue weighted by atomic mass is 16.6. The average molecular weight is 456 g/mol. The monoisotopic (exact) mass is 456 g/mol. The fourth-order valence-corrected chi connectivity index (χ4v) is 4.08. The van der Waals surface area contributed by atoms with Crippen LogP contribution >= 0.6 is 0 Å². The minimum Gasteiger partial charge on any atom is -0.492 e. The first kappa shape index (κ1) is 20.0. The van der Waals surface area contributed by atoms with Crippen molar-refractivity contribution in [1.29, 1.82) is 0 Å². The van der Waals surface area contributed by atoms with E-state index < -0.39 is 0 Å². The van der Waals surface area contributed by atoms with E-state index in [9.17, 15) is 9.90 Å². The number of nitrogens with one attached hydrogen (secondary N) is 2. The summed E-state index contributed by atoms with van der Waals surface area (Å²) in [5.41, 5.74) is 1.36. The number of rotatable bonds is 5. The maximum Gasteiger partial charge on any atom is 0.267 e. The molecule has 0 unspecified atom stereocenters. The Hall–Kier alpha value is -4.60. The van der Waals surface area contributed by atoms with Crippen molar-refractivity contribution in [3.8, 4) is 17.4 Å². The number of hydrogen-bond acceptors (Lipinski definition) is 8. The van der Waals surface area contributed by atoms with Gasteiger partial charge in [-0.3, -0.25) is 14.5 Å². The van der Waals surface area contributed by atoms with Gasteiger partial charge in [-0.05, 0) is 17.7 Å². The van der Waals surface area contributed by atoms with E-state index in [1.165, 1.54) is 4.57 Å². The highest BCUT2D eigenvalue weighted by Crippen LogP contribution is 2.31. The molecule has 0 saturated heterocycles. The van der Waals surface area contributed by atoms with Crippen LogP contribution in [0, 0.1) is 0 Å². The molecule has 0 amide bonds. The zero-order valence-electron chi connectivity index (χ0n) is 17.9. The smallest absolute Gasteiger partial charge is 0.267 e. The highest BCUT2D eigenvalue weighted by molar-refractivity contribution is 6.03. The lowest BCUT2D eigenvalue weighted by Gasteiger charge is -2.26. The topological polar surface area (TPSA) is 127 Å². The predicted octanol–water partition coefficient (Wildman–Crippen LogP) is 2.67. The van der Waals surface area contributed by atoms with Gasteiger partial charge in [0.05, 0.1) is 24.0 Å². The Labute approximate surface area is 192 Å². The molecule has 1 aliphatic rings. The van der Waals surface area contributed by atoms with Crippen LogP contribution in [0.15, 0.2) is 65.6 Å². The van der Waals surface area contributed by atoms with E-state index in [0.717, 1.165) is 11.3 Å². The lowest BCUT2D eigenvalue weighted by Crippen LogP contribution is -2.35. The number of aromatic amines is 1. The quantitative estimate of drug-likeness (QED) is 0.368. The Morgan fingerprint density at radius 1 is 1.12 bits per heavy atom. The Bertz CT molecular complexity index is 1560. The molecule has 0 spiro atoms. The SMILES string of the molecule is O=c1c2c(O)n[nH]c2c2cnc(NC[C@H]3COc4ccccc4O3)nc2n1Cc1ccccc1. The largest absolute Gasteiger partial charge is 0.492 e. The number of hydrogen-bond donors (Lipinski definition) is 3. The van der Waals surface area contributed by atoms with Gasteiger partial charge in [-0.25, -0.2) is 4.98 Å². The lowest BCUT2D eigenvalue weighted by molar-refractivity contribution is 0.0996. The molecule has 34 heavy (non-hydrogen) atoms. The van der Waals surface area contributed by atoms with Crippen molar-refractivity contribution in [2.24, 2.45) is 0 Å². The van der Waals surface area contributed by atoms with Gasteiger partial charge in [0.2, 0.25) is 11.8 Å². The third kappa shape index (κ3) is 3.45. The number of para-hydroxylation sites is 2. The number of nitrogens with zero attached hydrogens (tertiary/aromatic N) is 4. The number of anilines is 1. The van der Waals surface area contributed by atoms with E-state index in [2.05, 4.69) is 25.5 Å². The van der Waals surface area contributed by atoms with Crippen LogP contribution in [0.2, 0.25) is 0 Å². The number of pyridine rings is 1. The molecule has 0 bridgehead atoms. The maximum absolute atomic E-state index is 13.3. The third-order valence-electron chi connectivity index (χ3n) is 5.74. The summed E-state index contributed by atoms with van der Waals surface area (Å²) in [5, 5.41) is 20.6. The first-order valence-corrected chi connectivity index (χ1v) is 10.8. The average Bonchev–Trinajstić information content (AvgIpc) is 3.27. The Kier molecular flexibility index (Phi) is 4.76. The van der Waals surface area contributed by atoms with Gasteiger partial charge in [0.1, 0.15) is 18.1 Å². The summed E-state index contributed by atoms with van der Waals surface area (Å²) in [6.07, 6.45) is 1.38. The molecule has 3 aromatic heterocycles. The van der Waals surface area contributed by atoms with E-state index in [1.807, 2.05) is 54.6 Å². The van der Waals surface area contributed by atoms with Crippen LogP contribution in [0.4, 0.5) is 5.95 Å². The number of benzene rings is 2. The number of ether oxygens (including phenoxy) is 2. The van der Waals surface area contributed by atoms with Gasteiger partial charge in [-0.2, -0.15) is 4.98 Å². The van der Waals surface area contributed by atoms with Crippen LogP contribution < -0.4 is 20.3 Å². The van der Waals surface area contributed by atoms with Gasteiger partial charge in [-0.15, -0.1) is 5.10 Å². The Morgan fingerprint density at radius 2 is 1.91 bits per heavy atom. The second-order valence-electron chi connectivity index (χ2n) is 7.98. The maximum atomic E-state index is 13.3. The van der Waals surface area contributed by atoms with Gasteiger partial charge >= 0.3 is 0 Å². The van der Waals surface area contributed by atoms with Crippen molar-refractivity contribution in [1.82, 2.24) is 24.7 Å². The van der Waals surface area contributed by atoms with Gasteiger partial charge in [0.25, 0.3) is 5.56 Å². The molecule has 0 saturated carbocycles. The van der Waals surface area contributed by atoms with Crippen LogP contribution in [-0.2, 0) is 6.54 Å². The molecule has 2 aromatic carbocycles. The van der Waals surface area contributed by atoms with Crippen molar-refractivity contribution in [2.75, 3.05) is 18.5 Å². The van der Waals surface area contributed by atoms with E-state index in [1.54, 1.807) is 6.20 Å². The van der Waals surface area contributed by atoms with Crippen LogP contribution in [0.3, 0.4) is 0 Å². The summed E-state index contributed by atoms with van der Waals surface area (Å²) in [6, 6.07) is 17.1. The van der Waals surface area contributed by atoms with Crippen molar-refractivity contribution in [2.45, 2.75) is 12.6 Å².